The molecule has 0 unspecified atom stereocenters. The third-order valence-electron chi connectivity index (χ3n) is 5.46. The summed E-state index contributed by atoms with van der Waals surface area (Å²) in [6.07, 6.45) is 5.33. The number of nitrogens with one attached hydrogen (secondary N) is 1. The largest absolute Gasteiger partial charge is 0.385 e. The smallest absolute Gasteiger partial charge is 0.260 e. The molecule has 4 rings (SSSR count). The quantitative estimate of drug-likeness (QED) is 0.914. The van der Waals surface area contributed by atoms with Crippen molar-refractivity contribution in [1.82, 2.24) is 20.5 Å². The first-order chi connectivity index (χ1) is 11.2. The van der Waals surface area contributed by atoms with Gasteiger partial charge in [0.2, 0.25) is 0 Å². The molecule has 1 heterocycles. The van der Waals surface area contributed by atoms with E-state index in [4.69, 9.17) is 4.84 Å². The molecule has 0 saturated heterocycles. The fourth-order valence-corrected chi connectivity index (χ4v) is 4.37. The molecule has 4 atom stereocenters. The average Bonchev–Trinajstić information content (AvgIpc) is 3.28. The van der Waals surface area contributed by atoms with E-state index in [9.17, 15) is 4.79 Å². The van der Waals surface area contributed by atoms with Crippen LogP contribution in [0.5, 0.6) is 0 Å². The molecule has 6 nitrogen and oxygen atoms in total. The van der Waals surface area contributed by atoms with Crippen LogP contribution in [0, 0.1) is 17.8 Å². The van der Waals surface area contributed by atoms with E-state index < -0.39 is 0 Å². The Kier molecular flexibility index (Phi) is 3.67. The molecule has 0 radical (unpaired) electrons. The van der Waals surface area contributed by atoms with Crippen LogP contribution in [0.4, 0.5) is 0 Å². The van der Waals surface area contributed by atoms with Crippen LogP contribution >= 0.6 is 0 Å². The molecule has 0 aliphatic heterocycles. The highest BCUT2D eigenvalue weighted by Crippen LogP contribution is 2.49. The van der Waals surface area contributed by atoms with E-state index in [1.54, 1.807) is 0 Å². The Balaban J connectivity index is 1.32. The zero-order valence-corrected chi connectivity index (χ0v) is 13.3. The molecule has 2 fully saturated rings. The van der Waals surface area contributed by atoms with Crippen molar-refractivity contribution in [2.24, 2.45) is 17.8 Å². The Bertz CT molecular complexity index is 713. The van der Waals surface area contributed by atoms with E-state index >= 15 is 0 Å². The third-order valence-corrected chi connectivity index (χ3v) is 5.46. The summed E-state index contributed by atoms with van der Waals surface area (Å²) >= 11 is 0. The zero-order valence-electron chi connectivity index (χ0n) is 13.3. The lowest BCUT2D eigenvalue weighted by atomic mass is 9.84. The second-order valence-corrected chi connectivity index (χ2v) is 6.92. The SMILES string of the molecule is C[C@H](NC(=O)COn1nnc2ccccc21)[C@@H]1C[C@H]2CC[C@H]1C2. The van der Waals surface area contributed by atoms with E-state index in [0.717, 1.165) is 22.9 Å². The van der Waals surface area contributed by atoms with Crippen LogP contribution in [0.15, 0.2) is 24.3 Å². The molecule has 2 aliphatic carbocycles. The number of hydrogen-bond donors (Lipinski definition) is 1. The van der Waals surface area contributed by atoms with Gasteiger partial charge in [-0.15, -0.1) is 5.10 Å². The van der Waals surface area contributed by atoms with Crippen LogP contribution in [0.2, 0.25) is 0 Å². The van der Waals surface area contributed by atoms with Gasteiger partial charge in [0.15, 0.2) is 6.61 Å². The summed E-state index contributed by atoms with van der Waals surface area (Å²) in [4.78, 5) is 18.9. The molecule has 1 aromatic heterocycles. The van der Waals surface area contributed by atoms with Crippen molar-refractivity contribution < 1.29 is 9.63 Å². The van der Waals surface area contributed by atoms with Gasteiger partial charge in [-0.1, -0.05) is 23.4 Å². The topological polar surface area (TPSA) is 69.0 Å². The molecule has 122 valence electrons. The highest BCUT2D eigenvalue weighted by Gasteiger charge is 2.42. The molecule has 1 amide bonds. The second kappa shape index (κ2) is 5.83. The average molecular weight is 314 g/mol. The molecule has 1 aromatic carbocycles. The number of rotatable bonds is 5. The maximum atomic E-state index is 12.2. The van der Waals surface area contributed by atoms with Crippen molar-refractivity contribution in [3.05, 3.63) is 24.3 Å². The maximum absolute atomic E-state index is 12.2. The molecule has 2 saturated carbocycles. The van der Waals surface area contributed by atoms with Gasteiger partial charge in [0, 0.05) is 6.04 Å². The van der Waals surface area contributed by atoms with E-state index in [2.05, 4.69) is 22.6 Å². The lowest BCUT2D eigenvalue weighted by Crippen LogP contribution is -2.43. The minimum Gasteiger partial charge on any atom is -0.385 e. The van der Waals surface area contributed by atoms with E-state index in [-0.39, 0.29) is 18.6 Å². The molecule has 6 heteroatoms. The number of fused-ring (bicyclic) bond motifs is 3. The van der Waals surface area contributed by atoms with Crippen LogP contribution in [0.3, 0.4) is 0 Å². The van der Waals surface area contributed by atoms with Gasteiger partial charge in [0.05, 0.1) is 0 Å². The van der Waals surface area contributed by atoms with Crippen LogP contribution in [-0.2, 0) is 4.79 Å². The van der Waals surface area contributed by atoms with Crippen LogP contribution < -0.4 is 10.2 Å². The molecule has 23 heavy (non-hydrogen) atoms. The van der Waals surface area contributed by atoms with E-state index in [1.165, 1.54) is 30.5 Å². The van der Waals surface area contributed by atoms with Crippen LogP contribution in [0.1, 0.15) is 32.6 Å². The predicted molar refractivity (Wildman–Crippen MR) is 85.5 cm³/mol. The number of benzene rings is 1. The molecule has 2 bridgehead atoms. The highest BCUT2D eigenvalue weighted by molar-refractivity contribution is 5.78. The van der Waals surface area contributed by atoms with Gasteiger partial charge in [-0.25, -0.2) is 0 Å². The Morgan fingerprint density at radius 3 is 3.04 bits per heavy atom. The summed E-state index contributed by atoms with van der Waals surface area (Å²) in [6, 6.07) is 7.73. The van der Waals surface area contributed by atoms with Gasteiger partial charge in [-0.2, -0.15) is 0 Å². The number of hydrogen-bond acceptors (Lipinski definition) is 4. The van der Waals surface area contributed by atoms with Crippen LogP contribution in [-0.4, -0.2) is 33.7 Å². The summed E-state index contributed by atoms with van der Waals surface area (Å²) < 4.78 is 0. The van der Waals surface area contributed by atoms with Gasteiger partial charge in [0.1, 0.15) is 11.0 Å². The fourth-order valence-electron chi connectivity index (χ4n) is 4.37. The first-order valence-electron chi connectivity index (χ1n) is 8.44. The number of amides is 1. The normalized spacial score (nSPS) is 27.3. The Morgan fingerprint density at radius 2 is 2.26 bits per heavy atom. The number of nitrogens with zero attached hydrogens (tertiary/aromatic N) is 3. The van der Waals surface area contributed by atoms with Crippen molar-refractivity contribution in [1.29, 1.82) is 0 Å². The fraction of sp³-hybridized carbons (Fsp3) is 0.588. The van der Waals surface area contributed by atoms with Crippen molar-refractivity contribution in [3.8, 4) is 0 Å². The Labute approximate surface area is 135 Å². The lowest BCUT2D eigenvalue weighted by molar-refractivity contribution is -0.127. The summed E-state index contributed by atoms with van der Waals surface area (Å²) in [5, 5.41) is 11.0. The number of carbonyl (C=O) groups is 1. The Morgan fingerprint density at radius 1 is 1.39 bits per heavy atom. The molecule has 2 aliphatic rings. The van der Waals surface area contributed by atoms with Crippen molar-refractivity contribution in [2.45, 2.75) is 38.6 Å². The molecule has 2 aromatic rings. The monoisotopic (exact) mass is 314 g/mol. The zero-order chi connectivity index (χ0) is 15.8. The molecule has 0 spiro atoms. The predicted octanol–water partition coefficient (Wildman–Crippen LogP) is 1.80. The van der Waals surface area contributed by atoms with Gasteiger partial charge in [0.25, 0.3) is 5.91 Å². The van der Waals surface area contributed by atoms with Gasteiger partial charge < -0.3 is 10.2 Å². The highest BCUT2D eigenvalue weighted by atomic mass is 16.7. The minimum atomic E-state index is -0.0974. The van der Waals surface area contributed by atoms with Crippen molar-refractivity contribution >= 4 is 16.9 Å². The van der Waals surface area contributed by atoms with Gasteiger partial charge >= 0.3 is 0 Å². The van der Waals surface area contributed by atoms with Gasteiger partial charge in [-0.05, 0) is 61.3 Å². The molecular formula is C17H22N4O2. The number of aromatic nitrogens is 3. The van der Waals surface area contributed by atoms with Crippen molar-refractivity contribution in [3.63, 3.8) is 0 Å². The minimum absolute atomic E-state index is 0.0431. The van der Waals surface area contributed by atoms with Gasteiger partial charge in [-0.3, -0.25) is 4.79 Å². The first-order valence-corrected chi connectivity index (χ1v) is 8.44. The van der Waals surface area contributed by atoms with Crippen molar-refractivity contribution in [2.75, 3.05) is 6.61 Å². The lowest BCUT2D eigenvalue weighted by Gasteiger charge is -2.28. The van der Waals surface area contributed by atoms with E-state index in [0.29, 0.717) is 5.92 Å². The number of para-hydroxylation sites is 1. The second-order valence-electron chi connectivity index (χ2n) is 6.92. The molecule has 1 N–H and O–H groups in total. The third kappa shape index (κ3) is 2.78. The Hall–Kier alpha value is -2.11. The van der Waals surface area contributed by atoms with Crippen LogP contribution in [0.25, 0.3) is 11.0 Å². The van der Waals surface area contributed by atoms with E-state index in [1.807, 2.05) is 24.3 Å². The number of carbonyl (C=O) groups excluding carboxylic acids is 1. The molecular weight excluding hydrogens is 292 g/mol. The summed E-state index contributed by atoms with van der Waals surface area (Å²) in [5.74, 6) is 2.22. The first kappa shape index (κ1) is 14.5. The maximum Gasteiger partial charge on any atom is 0.260 e. The summed E-state index contributed by atoms with van der Waals surface area (Å²) in [7, 11) is 0. The summed E-state index contributed by atoms with van der Waals surface area (Å²) in [6.45, 7) is 2.08. The summed E-state index contributed by atoms with van der Waals surface area (Å²) in [5.41, 5.74) is 1.52. The standard InChI is InChI=1S/C17H22N4O2/c1-11(14-9-12-6-7-13(14)8-12)18-17(22)10-23-21-16-5-3-2-4-15(16)19-20-21/h2-5,11-14H,6-10H2,1H3,(H,18,22)/t11-,12-,13-,14-/m0/s1.